The third kappa shape index (κ3) is 4.02. The minimum atomic E-state index is -0.957. The first-order valence-electron chi connectivity index (χ1n) is 12.5. The summed E-state index contributed by atoms with van der Waals surface area (Å²) in [5.74, 6) is -0.893. The number of carboxylic acids is 1. The van der Waals surface area contributed by atoms with E-state index in [1.807, 2.05) is 23.1 Å². The van der Waals surface area contributed by atoms with Gasteiger partial charge in [0, 0.05) is 30.0 Å². The number of carbonyl (C=O) groups is 2. The average Bonchev–Trinajstić information content (AvgIpc) is 3.38. The summed E-state index contributed by atoms with van der Waals surface area (Å²) < 4.78 is 19.5. The van der Waals surface area contributed by atoms with Crippen LogP contribution in [0.3, 0.4) is 0 Å². The molecule has 2 fully saturated rings. The molecule has 1 N–H and O–H groups in total. The molecule has 2 aromatic carbocycles. The van der Waals surface area contributed by atoms with Gasteiger partial charge in [-0.1, -0.05) is 29.7 Å². The van der Waals surface area contributed by atoms with Gasteiger partial charge in [-0.2, -0.15) is 0 Å². The minimum Gasteiger partial charge on any atom is -0.481 e. The summed E-state index contributed by atoms with van der Waals surface area (Å²) in [6.07, 6.45) is 4.63. The molecular formula is C27H27FN4O4. The molecule has 8 nitrogen and oxygen atoms in total. The molecule has 9 heteroatoms. The summed E-state index contributed by atoms with van der Waals surface area (Å²) in [7, 11) is 0. The van der Waals surface area contributed by atoms with Crippen LogP contribution in [0.5, 0.6) is 0 Å². The zero-order valence-electron chi connectivity index (χ0n) is 19.7. The van der Waals surface area contributed by atoms with Crippen molar-refractivity contribution in [2.75, 3.05) is 4.90 Å². The summed E-state index contributed by atoms with van der Waals surface area (Å²) in [5.41, 5.74) is 2.60. The Morgan fingerprint density at radius 1 is 1.03 bits per heavy atom. The molecule has 0 bridgehead atoms. The van der Waals surface area contributed by atoms with Crippen molar-refractivity contribution < 1.29 is 23.5 Å². The lowest BCUT2D eigenvalue weighted by Gasteiger charge is -2.47. The highest BCUT2D eigenvalue weighted by atomic mass is 19.1. The molecule has 1 aromatic heterocycles. The summed E-state index contributed by atoms with van der Waals surface area (Å²) in [4.78, 5) is 28.6. The highest BCUT2D eigenvalue weighted by Gasteiger charge is 2.51. The van der Waals surface area contributed by atoms with Gasteiger partial charge in [-0.25, -0.2) is 4.39 Å². The Balaban J connectivity index is 1.39. The van der Waals surface area contributed by atoms with Crippen molar-refractivity contribution >= 4 is 23.6 Å². The second kappa shape index (κ2) is 9.04. The zero-order chi connectivity index (χ0) is 24.8. The topological polar surface area (TPSA) is 99.8 Å². The molecule has 1 amide bonds. The fraction of sp³-hybridized carbons (Fsp3) is 0.407. The van der Waals surface area contributed by atoms with E-state index in [1.54, 1.807) is 12.1 Å². The maximum Gasteiger partial charge on any atom is 0.323 e. The normalized spacial score (nSPS) is 22.7. The fourth-order valence-electron chi connectivity index (χ4n) is 5.93. The zero-order valence-corrected chi connectivity index (χ0v) is 19.7. The summed E-state index contributed by atoms with van der Waals surface area (Å²) in [5, 5.41) is 17.8. The number of carbonyl (C=O) groups excluding carboxylic acids is 1. The number of para-hydroxylation sites is 1. The number of hydrogen-bond donors (Lipinski definition) is 1. The monoisotopic (exact) mass is 490 g/mol. The van der Waals surface area contributed by atoms with Crippen molar-refractivity contribution in [3.05, 3.63) is 59.9 Å². The van der Waals surface area contributed by atoms with Crippen LogP contribution in [0.4, 0.5) is 16.1 Å². The molecule has 2 aliphatic carbocycles. The summed E-state index contributed by atoms with van der Waals surface area (Å²) >= 11 is 0. The lowest BCUT2D eigenvalue weighted by molar-refractivity contribution is -0.142. The lowest BCUT2D eigenvalue weighted by Crippen LogP contribution is -2.49. The van der Waals surface area contributed by atoms with Gasteiger partial charge in [-0.3, -0.25) is 14.5 Å². The van der Waals surface area contributed by atoms with E-state index in [-0.39, 0.29) is 48.6 Å². The van der Waals surface area contributed by atoms with E-state index in [2.05, 4.69) is 21.2 Å². The predicted octanol–water partition coefficient (Wildman–Crippen LogP) is 5.09. The van der Waals surface area contributed by atoms with Crippen LogP contribution in [0, 0.1) is 11.7 Å². The van der Waals surface area contributed by atoms with E-state index in [4.69, 9.17) is 9.52 Å². The third-order valence-corrected chi connectivity index (χ3v) is 7.58. The van der Waals surface area contributed by atoms with Gasteiger partial charge in [0.2, 0.25) is 11.8 Å². The second-order valence-electron chi connectivity index (χ2n) is 9.86. The molecule has 3 aliphatic rings. The number of carboxylic acid groups (broad SMARTS) is 1. The molecule has 2 heterocycles. The maximum atomic E-state index is 13.4. The SMILES string of the molecule is O=C(O)CCC(=O)N(C1CC1)[C@H]1c2ccccc2N(c2nnc(-c3ccc(F)cc3)o2)[C@@H]2CCC[C@@H]21. The fourth-order valence-corrected chi connectivity index (χ4v) is 5.93. The van der Waals surface area contributed by atoms with Crippen molar-refractivity contribution in [3.8, 4) is 11.5 Å². The van der Waals surface area contributed by atoms with Gasteiger partial charge < -0.3 is 14.4 Å². The standard InChI is InChI=1S/C27H27FN4O4/c28-17-10-8-16(9-11-17)26-29-30-27(36-26)32-21-6-2-1-4-19(21)25(20-5-3-7-22(20)32)31(18-12-13-18)23(33)14-15-24(34)35/h1-2,4,6,8-11,18,20,22,25H,3,5,7,12-15H2,(H,34,35)/t20-,22+,25-/m0/s1. The Morgan fingerprint density at radius 3 is 2.56 bits per heavy atom. The van der Waals surface area contributed by atoms with E-state index in [1.165, 1.54) is 12.1 Å². The number of aromatic nitrogens is 2. The van der Waals surface area contributed by atoms with Crippen molar-refractivity contribution in [2.45, 2.75) is 63.1 Å². The lowest BCUT2D eigenvalue weighted by atomic mass is 9.81. The van der Waals surface area contributed by atoms with E-state index in [9.17, 15) is 14.0 Å². The van der Waals surface area contributed by atoms with Gasteiger partial charge >= 0.3 is 12.0 Å². The van der Waals surface area contributed by atoms with Crippen molar-refractivity contribution in [2.24, 2.45) is 5.92 Å². The molecule has 6 rings (SSSR count). The Morgan fingerprint density at radius 2 is 1.81 bits per heavy atom. The molecule has 36 heavy (non-hydrogen) atoms. The van der Waals surface area contributed by atoms with Crippen LogP contribution < -0.4 is 4.90 Å². The van der Waals surface area contributed by atoms with Gasteiger partial charge in [0.25, 0.3) is 0 Å². The number of rotatable bonds is 7. The molecule has 0 saturated heterocycles. The number of anilines is 2. The molecule has 2 saturated carbocycles. The second-order valence-corrected chi connectivity index (χ2v) is 9.86. The quantitative estimate of drug-likeness (QED) is 0.492. The molecule has 186 valence electrons. The molecular weight excluding hydrogens is 463 g/mol. The Labute approximate surface area is 207 Å². The van der Waals surface area contributed by atoms with Gasteiger partial charge in [-0.15, -0.1) is 5.10 Å². The van der Waals surface area contributed by atoms with Gasteiger partial charge in [-0.05, 0) is 61.6 Å². The maximum absolute atomic E-state index is 13.4. The third-order valence-electron chi connectivity index (χ3n) is 7.58. The first-order valence-corrected chi connectivity index (χ1v) is 12.5. The largest absolute Gasteiger partial charge is 0.481 e. The van der Waals surface area contributed by atoms with Gasteiger partial charge in [0.05, 0.1) is 18.2 Å². The molecule has 3 aromatic rings. The van der Waals surface area contributed by atoms with Crippen LogP contribution >= 0.6 is 0 Å². The molecule has 1 aliphatic heterocycles. The number of aliphatic carboxylic acids is 1. The van der Waals surface area contributed by atoms with E-state index >= 15 is 0 Å². The smallest absolute Gasteiger partial charge is 0.323 e. The molecule has 0 unspecified atom stereocenters. The number of hydrogen-bond acceptors (Lipinski definition) is 6. The Bertz CT molecular complexity index is 1290. The highest BCUT2D eigenvalue weighted by Crippen LogP contribution is 2.54. The number of nitrogens with zero attached hydrogens (tertiary/aromatic N) is 4. The van der Waals surface area contributed by atoms with Crippen LogP contribution in [0.2, 0.25) is 0 Å². The minimum absolute atomic E-state index is 0.0102. The first kappa shape index (κ1) is 22.7. The number of benzene rings is 2. The molecule has 0 spiro atoms. The van der Waals surface area contributed by atoms with Crippen molar-refractivity contribution in [3.63, 3.8) is 0 Å². The van der Waals surface area contributed by atoms with E-state index in [0.29, 0.717) is 17.5 Å². The van der Waals surface area contributed by atoms with Crippen molar-refractivity contribution in [1.29, 1.82) is 0 Å². The van der Waals surface area contributed by atoms with Crippen LogP contribution in [0.1, 0.15) is 56.6 Å². The number of fused-ring (bicyclic) bond motifs is 2. The first-order chi connectivity index (χ1) is 17.5. The van der Waals surface area contributed by atoms with Gasteiger partial charge in [0.1, 0.15) is 5.82 Å². The van der Waals surface area contributed by atoms with Crippen LogP contribution in [-0.2, 0) is 9.59 Å². The van der Waals surface area contributed by atoms with E-state index < -0.39 is 5.97 Å². The predicted molar refractivity (Wildman–Crippen MR) is 129 cm³/mol. The number of halogens is 1. The van der Waals surface area contributed by atoms with Crippen molar-refractivity contribution in [1.82, 2.24) is 15.1 Å². The van der Waals surface area contributed by atoms with Gasteiger partial charge in [0.15, 0.2) is 0 Å². The highest BCUT2D eigenvalue weighted by molar-refractivity contribution is 5.82. The van der Waals surface area contributed by atoms with Crippen LogP contribution in [0.15, 0.2) is 52.9 Å². The van der Waals surface area contributed by atoms with E-state index in [0.717, 1.165) is 43.4 Å². The molecule has 3 atom stereocenters. The molecule has 0 radical (unpaired) electrons. The van der Waals surface area contributed by atoms with Crippen LogP contribution in [0.25, 0.3) is 11.5 Å². The average molecular weight is 491 g/mol. The summed E-state index contributed by atoms with van der Waals surface area (Å²) in [6, 6.07) is 14.5. The van der Waals surface area contributed by atoms with Crippen LogP contribution in [-0.4, -0.2) is 44.2 Å². The Hall–Kier alpha value is -3.75. The number of amides is 1. The summed E-state index contributed by atoms with van der Waals surface area (Å²) in [6.45, 7) is 0. The Kier molecular flexibility index (Phi) is 5.70.